The van der Waals surface area contributed by atoms with Crippen molar-refractivity contribution in [2.24, 2.45) is 0 Å². The second-order valence-electron chi connectivity index (χ2n) is 4.63. The molecule has 0 bridgehead atoms. The number of aromatic nitrogens is 4. The van der Waals surface area contributed by atoms with Gasteiger partial charge in [-0.05, 0) is 29.8 Å². The Kier molecular flexibility index (Phi) is 4.85. The van der Waals surface area contributed by atoms with Gasteiger partial charge in [-0.3, -0.25) is 4.98 Å². The van der Waals surface area contributed by atoms with Crippen molar-refractivity contribution in [1.29, 1.82) is 0 Å². The fourth-order valence-corrected chi connectivity index (χ4v) is 2.19. The number of nitrogens with one attached hydrogen (secondary N) is 2. The van der Waals surface area contributed by atoms with Crippen molar-refractivity contribution in [2.45, 2.75) is 6.54 Å². The van der Waals surface area contributed by atoms with E-state index in [1.54, 1.807) is 36.8 Å². The third-order valence-electron chi connectivity index (χ3n) is 2.93. The minimum atomic E-state index is 0.324. The average Bonchev–Trinajstić information content (AvgIpc) is 2.58. The lowest BCUT2D eigenvalue weighted by Gasteiger charge is -2.09. The molecule has 0 fully saturated rings. The first-order valence-corrected chi connectivity index (χ1v) is 7.51. The van der Waals surface area contributed by atoms with E-state index in [9.17, 15) is 0 Å². The quantitative estimate of drug-likeness (QED) is 0.728. The van der Waals surface area contributed by atoms with Gasteiger partial charge in [0.1, 0.15) is 0 Å². The molecule has 2 heterocycles. The van der Waals surface area contributed by atoms with Gasteiger partial charge >= 0.3 is 0 Å². The van der Waals surface area contributed by atoms with E-state index in [0.29, 0.717) is 34.0 Å². The second kappa shape index (κ2) is 7.21. The van der Waals surface area contributed by atoms with Gasteiger partial charge in [0, 0.05) is 24.0 Å². The second-order valence-corrected chi connectivity index (χ2v) is 5.47. The molecule has 8 heteroatoms. The molecule has 0 saturated heterocycles. The molecule has 0 aliphatic rings. The number of rotatable bonds is 5. The van der Waals surface area contributed by atoms with Crippen LogP contribution in [0.2, 0.25) is 10.0 Å². The van der Waals surface area contributed by atoms with Crippen LogP contribution in [0.3, 0.4) is 0 Å². The highest BCUT2D eigenvalue weighted by molar-refractivity contribution is 6.35. The van der Waals surface area contributed by atoms with E-state index >= 15 is 0 Å². The molecule has 0 amide bonds. The highest BCUT2D eigenvalue weighted by atomic mass is 35.5. The molecule has 0 atom stereocenters. The fraction of sp³-hybridized carbons (Fsp3) is 0.0667. The Balaban J connectivity index is 1.71. The molecule has 1 aromatic carbocycles. The molecule has 23 heavy (non-hydrogen) atoms. The number of hydrogen-bond acceptors (Lipinski definition) is 6. The summed E-state index contributed by atoms with van der Waals surface area (Å²) >= 11 is 12.1. The van der Waals surface area contributed by atoms with E-state index in [4.69, 9.17) is 23.2 Å². The Morgan fingerprint density at radius 1 is 1.09 bits per heavy atom. The lowest BCUT2D eigenvalue weighted by atomic mass is 10.3. The molecule has 0 aliphatic heterocycles. The summed E-state index contributed by atoms with van der Waals surface area (Å²) in [6.07, 6.45) is 5.06. The zero-order chi connectivity index (χ0) is 16.1. The van der Waals surface area contributed by atoms with Crippen molar-refractivity contribution in [1.82, 2.24) is 20.2 Å². The summed E-state index contributed by atoms with van der Waals surface area (Å²) in [5.41, 5.74) is 1.66. The monoisotopic (exact) mass is 346 g/mol. The van der Waals surface area contributed by atoms with Crippen molar-refractivity contribution in [3.63, 3.8) is 0 Å². The number of anilines is 3. The maximum atomic E-state index is 6.11. The van der Waals surface area contributed by atoms with Gasteiger partial charge < -0.3 is 10.6 Å². The van der Waals surface area contributed by atoms with Gasteiger partial charge in [-0.1, -0.05) is 29.3 Å². The molecule has 0 aliphatic carbocycles. The summed E-state index contributed by atoms with van der Waals surface area (Å²) in [5.74, 6) is 0.912. The molecule has 2 aromatic heterocycles. The van der Waals surface area contributed by atoms with Crippen molar-refractivity contribution in [3.8, 4) is 0 Å². The van der Waals surface area contributed by atoms with Gasteiger partial charge in [-0.25, -0.2) is 0 Å². The van der Waals surface area contributed by atoms with Crippen molar-refractivity contribution >= 4 is 40.7 Å². The number of halogens is 2. The Morgan fingerprint density at radius 2 is 2.00 bits per heavy atom. The Hall–Kier alpha value is -2.44. The Labute approximate surface area is 142 Å². The van der Waals surface area contributed by atoms with E-state index < -0.39 is 0 Å². The summed E-state index contributed by atoms with van der Waals surface area (Å²) in [6.45, 7) is 0.587. The predicted octanol–water partition coefficient (Wildman–Crippen LogP) is 3.93. The molecular formula is C15H12Cl2N6. The Morgan fingerprint density at radius 3 is 2.83 bits per heavy atom. The molecule has 6 nitrogen and oxygen atoms in total. The van der Waals surface area contributed by atoms with E-state index in [1.807, 2.05) is 12.1 Å². The van der Waals surface area contributed by atoms with Gasteiger partial charge in [-0.15, -0.1) is 5.10 Å². The molecular weight excluding hydrogens is 335 g/mol. The van der Waals surface area contributed by atoms with Crippen molar-refractivity contribution in [2.75, 3.05) is 10.6 Å². The van der Waals surface area contributed by atoms with Crippen LogP contribution in [0.15, 0.2) is 48.9 Å². The number of nitrogens with zero attached hydrogens (tertiary/aromatic N) is 4. The van der Waals surface area contributed by atoms with Gasteiger partial charge in [0.2, 0.25) is 5.95 Å². The zero-order valence-electron chi connectivity index (χ0n) is 11.9. The summed E-state index contributed by atoms with van der Waals surface area (Å²) < 4.78 is 0. The van der Waals surface area contributed by atoms with E-state index in [2.05, 4.69) is 30.8 Å². The van der Waals surface area contributed by atoms with Crippen LogP contribution >= 0.6 is 23.2 Å². The summed E-state index contributed by atoms with van der Waals surface area (Å²) in [4.78, 5) is 8.40. The van der Waals surface area contributed by atoms with Crippen LogP contribution in [0, 0.1) is 0 Å². The largest absolute Gasteiger partial charge is 0.364 e. The van der Waals surface area contributed by atoms with Crippen LogP contribution in [-0.4, -0.2) is 20.2 Å². The van der Waals surface area contributed by atoms with Gasteiger partial charge in [0.05, 0.1) is 16.9 Å². The topological polar surface area (TPSA) is 75.6 Å². The maximum Gasteiger partial charge on any atom is 0.249 e. The SMILES string of the molecule is Clc1ccc(Cl)c(Nc2nncc(NCc3cccnc3)n2)c1. The standard InChI is InChI=1S/C15H12Cl2N6/c16-11-3-4-12(17)13(6-11)21-15-22-14(9-20-23-15)19-8-10-2-1-5-18-7-10/h1-7,9H,8H2,(H2,19,21,22,23). The summed E-state index contributed by atoms with van der Waals surface area (Å²) in [7, 11) is 0. The minimum absolute atomic E-state index is 0.324. The van der Waals surface area contributed by atoms with E-state index in [-0.39, 0.29) is 0 Å². The van der Waals surface area contributed by atoms with Crippen molar-refractivity contribution in [3.05, 3.63) is 64.5 Å². The number of hydrogen-bond donors (Lipinski definition) is 2. The molecule has 3 rings (SSSR count). The third kappa shape index (κ3) is 4.28. The average molecular weight is 347 g/mol. The molecule has 3 aromatic rings. The summed E-state index contributed by atoms with van der Waals surface area (Å²) in [6, 6.07) is 8.95. The minimum Gasteiger partial charge on any atom is -0.364 e. The van der Waals surface area contributed by atoms with E-state index in [1.165, 1.54) is 0 Å². The van der Waals surface area contributed by atoms with Gasteiger partial charge in [0.15, 0.2) is 5.82 Å². The highest BCUT2D eigenvalue weighted by Crippen LogP contribution is 2.27. The first-order chi connectivity index (χ1) is 11.2. The maximum absolute atomic E-state index is 6.11. The van der Waals surface area contributed by atoms with Crippen LogP contribution in [0.4, 0.5) is 17.5 Å². The molecule has 0 radical (unpaired) electrons. The van der Waals surface area contributed by atoms with Crippen LogP contribution in [0.1, 0.15) is 5.56 Å². The van der Waals surface area contributed by atoms with Crippen LogP contribution in [-0.2, 0) is 6.54 Å². The molecule has 116 valence electrons. The lowest BCUT2D eigenvalue weighted by molar-refractivity contribution is 0.964. The van der Waals surface area contributed by atoms with E-state index in [0.717, 1.165) is 5.56 Å². The van der Waals surface area contributed by atoms with Crippen LogP contribution in [0.5, 0.6) is 0 Å². The first kappa shape index (κ1) is 15.5. The molecule has 0 unspecified atom stereocenters. The number of pyridine rings is 1. The Bertz CT molecular complexity index is 797. The fourth-order valence-electron chi connectivity index (χ4n) is 1.85. The zero-order valence-corrected chi connectivity index (χ0v) is 13.4. The van der Waals surface area contributed by atoms with Crippen molar-refractivity contribution < 1.29 is 0 Å². The van der Waals surface area contributed by atoms with Gasteiger partial charge in [0.25, 0.3) is 0 Å². The third-order valence-corrected chi connectivity index (χ3v) is 3.49. The van der Waals surface area contributed by atoms with Gasteiger partial charge in [-0.2, -0.15) is 10.1 Å². The van der Waals surface area contributed by atoms with Crippen LogP contribution < -0.4 is 10.6 Å². The predicted molar refractivity (Wildman–Crippen MR) is 91.1 cm³/mol. The molecule has 0 saturated carbocycles. The highest BCUT2D eigenvalue weighted by Gasteiger charge is 2.05. The smallest absolute Gasteiger partial charge is 0.249 e. The molecule has 2 N–H and O–H groups in total. The lowest BCUT2D eigenvalue weighted by Crippen LogP contribution is -2.06. The summed E-state index contributed by atoms with van der Waals surface area (Å²) in [5, 5.41) is 15.1. The van der Waals surface area contributed by atoms with Crippen LogP contribution in [0.25, 0.3) is 0 Å². The first-order valence-electron chi connectivity index (χ1n) is 6.75. The normalized spacial score (nSPS) is 10.3. The molecule has 0 spiro atoms. The number of benzene rings is 1.